The first-order chi connectivity index (χ1) is 31.8. The maximum absolute atomic E-state index is 8.49. The van der Waals surface area contributed by atoms with E-state index in [1.54, 1.807) is 0 Å². The molecule has 11 rings (SSSR count). The lowest BCUT2D eigenvalue weighted by atomic mass is 9.67. The third-order valence-electron chi connectivity index (χ3n) is 12.0. The lowest BCUT2D eigenvalue weighted by Gasteiger charge is -2.34. The van der Waals surface area contributed by atoms with Crippen LogP contribution in [-0.2, 0) is 5.41 Å². The molecule has 0 radical (unpaired) electrons. The van der Waals surface area contributed by atoms with Crippen molar-refractivity contribution in [2.24, 2.45) is 0 Å². The van der Waals surface area contributed by atoms with E-state index in [-0.39, 0.29) is 29.7 Å². The van der Waals surface area contributed by atoms with Crippen molar-refractivity contribution < 1.29 is 6.85 Å². The summed E-state index contributed by atoms with van der Waals surface area (Å²) in [6, 6.07) is 75.8. The van der Waals surface area contributed by atoms with Gasteiger partial charge in [0.1, 0.15) is 0 Å². The zero-order valence-electron chi connectivity index (χ0n) is 37.7. The van der Waals surface area contributed by atoms with Gasteiger partial charge >= 0.3 is 0 Å². The van der Waals surface area contributed by atoms with Crippen LogP contribution in [0.3, 0.4) is 0 Å². The minimum Gasteiger partial charge on any atom is -0.310 e. The largest absolute Gasteiger partial charge is 0.310 e. The van der Waals surface area contributed by atoms with Crippen LogP contribution in [0.5, 0.6) is 0 Å². The van der Waals surface area contributed by atoms with E-state index in [1.807, 2.05) is 42.5 Å². The number of benzene rings is 10. The van der Waals surface area contributed by atoms with Gasteiger partial charge in [-0.3, -0.25) is 0 Å². The summed E-state index contributed by atoms with van der Waals surface area (Å²) in [6.45, 7) is 0. The van der Waals surface area contributed by atoms with Gasteiger partial charge in [0.15, 0.2) is 0 Å². The zero-order valence-corrected chi connectivity index (χ0v) is 32.7. The van der Waals surface area contributed by atoms with E-state index in [2.05, 4.69) is 181 Å². The summed E-state index contributed by atoms with van der Waals surface area (Å²) in [5.41, 5.74) is 15.4. The summed E-state index contributed by atoms with van der Waals surface area (Å²) in [5, 5.41) is 2.22. The molecule has 0 spiro atoms. The van der Waals surface area contributed by atoms with Crippen molar-refractivity contribution in [2.45, 2.75) is 5.41 Å². The van der Waals surface area contributed by atoms with Crippen LogP contribution >= 0.6 is 0 Å². The number of para-hydroxylation sites is 1. The quantitative estimate of drug-likeness (QED) is 0.149. The molecule has 0 amide bonds. The third kappa shape index (κ3) is 6.03. The van der Waals surface area contributed by atoms with Gasteiger partial charge in [-0.2, -0.15) is 0 Å². The summed E-state index contributed by atoms with van der Waals surface area (Å²) in [6.07, 6.45) is 0. The van der Waals surface area contributed by atoms with Gasteiger partial charge in [-0.25, -0.2) is 0 Å². The van der Waals surface area contributed by atoms with Crippen molar-refractivity contribution in [3.63, 3.8) is 0 Å². The lowest BCUT2D eigenvalue weighted by Crippen LogP contribution is -2.28. The molecule has 0 saturated carbocycles. The highest BCUT2D eigenvalue weighted by molar-refractivity contribution is 5.93. The van der Waals surface area contributed by atoms with Crippen LogP contribution in [0.4, 0.5) is 17.1 Å². The second-order valence-electron chi connectivity index (χ2n) is 15.3. The Labute approximate surface area is 359 Å². The maximum Gasteiger partial charge on any atom is 0.0713 e. The first-order valence-electron chi connectivity index (χ1n) is 22.8. The molecule has 0 bridgehead atoms. The van der Waals surface area contributed by atoms with E-state index < -0.39 is 11.5 Å². The fourth-order valence-corrected chi connectivity index (χ4v) is 9.23. The highest BCUT2D eigenvalue weighted by Gasteiger charge is 2.46. The van der Waals surface area contributed by atoms with Crippen LogP contribution in [0.25, 0.3) is 55.3 Å². The summed E-state index contributed by atoms with van der Waals surface area (Å²) >= 11 is 0. The minimum atomic E-state index is -0.449. The first-order valence-corrected chi connectivity index (χ1v) is 20.3. The van der Waals surface area contributed by atoms with E-state index in [4.69, 9.17) is 6.85 Å². The molecule has 10 aromatic rings. The summed E-state index contributed by atoms with van der Waals surface area (Å²) in [5.74, 6) is 0. The van der Waals surface area contributed by atoms with Gasteiger partial charge in [-0.05, 0) is 126 Å². The number of nitrogens with zero attached hydrogens (tertiary/aromatic N) is 1. The second kappa shape index (κ2) is 14.9. The molecule has 282 valence electrons. The smallest absolute Gasteiger partial charge is 0.0713 e. The van der Waals surface area contributed by atoms with Gasteiger partial charge in [0.25, 0.3) is 0 Å². The SMILES string of the molecule is [2H]c1c([2H])c([2H])c(-c2ccc(N(c3ccccc3)c3ccc4cc(-c5ccc(-c6ccc7c(c6)C(c6ccccc6)(c6ccccc6)c6ccccc6-7)cc5)ccc4c3)cc2)c([2H])c1[2H]. The molecule has 0 aromatic heterocycles. The van der Waals surface area contributed by atoms with Crippen molar-refractivity contribution in [3.05, 3.63) is 271 Å². The van der Waals surface area contributed by atoms with Gasteiger partial charge in [0.05, 0.1) is 12.3 Å². The van der Waals surface area contributed by atoms with Crippen molar-refractivity contribution >= 4 is 27.8 Å². The number of hydrogen-bond donors (Lipinski definition) is 0. The highest BCUT2D eigenvalue weighted by atomic mass is 15.1. The molecule has 0 aliphatic heterocycles. The molecule has 0 fully saturated rings. The Morgan fingerprint density at radius 1 is 0.317 bits per heavy atom. The van der Waals surface area contributed by atoms with Crippen LogP contribution in [0.15, 0.2) is 249 Å². The molecule has 60 heavy (non-hydrogen) atoms. The van der Waals surface area contributed by atoms with Gasteiger partial charge < -0.3 is 4.90 Å². The normalized spacial score (nSPS) is 13.6. The molecule has 0 atom stereocenters. The van der Waals surface area contributed by atoms with Gasteiger partial charge in [-0.1, -0.05) is 200 Å². The first kappa shape index (κ1) is 30.4. The topological polar surface area (TPSA) is 3.24 Å². The number of anilines is 3. The fraction of sp³-hybridized carbons (Fsp3) is 0.0169. The summed E-state index contributed by atoms with van der Waals surface area (Å²) in [4.78, 5) is 2.17. The standard InChI is InChI=1S/C59H41N/c1-5-15-42(16-6-1)43-31-35-53(36-32-43)60(52-21-11-4-12-22-52)54-37-33-47-39-46(29-30-48(47)40-54)44-25-27-45(28-26-44)49-34-38-56-55-23-13-14-24-57(55)59(58(56)41-49,50-17-7-2-8-18-50)51-19-9-3-10-20-51/h1-41H/i1D,5D,6D,15D,16D. The molecule has 10 aromatic carbocycles. The predicted molar refractivity (Wildman–Crippen MR) is 252 cm³/mol. The number of hydrogen-bond acceptors (Lipinski definition) is 1. The number of fused-ring (bicyclic) bond motifs is 4. The van der Waals surface area contributed by atoms with Gasteiger partial charge in [-0.15, -0.1) is 0 Å². The van der Waals surface area contributed by atoms with Crippen molar-refractivity contribution in [1.29, 1.82) is 0 Å². The maximum atomic E-state index is 8.49. The van der Waals surface area contributed by atoms with Gasteiger partial charge in [0, 0.05) is 17.1 Å². The third-order valence-corrected chi connectivity index (χ3v) is 12.0. The zero-order chi connectivity index (χ0) is 44.2. The van der Waals surface area contributed by atoms with E-state index >= 15 is 0 Å². The van der Waals surface area contributed by atoms with Crippen LogP contribution < -0.4 is 4.90 Å². The Morgan fingerprint density at radius 3 is 1.47 bits per heavy atom. The molecular weight excluding hydrogens is 723 g/mol. The van der Waals surface area contributed by atoms with Gasteiger partial charge in [0.2, 0.25) is 0 Å². The molecule has 0 unspecified atom stereocenters. The Kier molecular flexibility index (Phi) is 7.53. The van der Waals surface area contributed by atoms with Crippen molar-refractivity contribution in [3.8, 4) is 44.5 Å². The molecule has 1 nitrogen and oxygen atoms in total. The molecule has 1 aliphatic carbocycles. The summed E-state index contributed by atoms with van der Waals surface area (Å²) in [7, 11) is 0. The Hall–Kier alpha value is -7.74. The molecule has 0 N–H and O–H groups in total. The Bertz CT molecular complexity index is 3340. The number of rotatable bonds is 8. The Morgan fingerprint density at radius 2 is 0.783 bits per heavy atom. The van der Waals surface area contributed by atoms with Crippen molar-refractivity contribution in [1.82, 2.24) is 0 Å². The fourth-order valence-electron chi connectivity index (χ4n) is 9.23. The molecule has 0 saturated heterocycles. The molecule has 0 heterocycles. The van der Waals surface area contributed by atoms with Crippen LogP contribution in [-0.4, -0.2) is 0 Å². The lowest BCUT2D eigenvalue weighted by molar-refractivity contribution is 0.769. The van der Waals surface area contributed by atoms with Crippen LogP contribution in [0.2, 0.25) is 0 Å². The summed E-state index contributed by atoms with van der Waals surface area (Å²) < 4.78 is 41.3. The predicted octanol–water partition coefficient (Wildman–Crippen LogP) is 15.7. The van der Waals surface area contributed by atoms with E-state index in [9.17, 15) is 0 Å². The monoisotopic (exact) mass is 768 g/mol. The average Bonchev–Trinajstić information content (AvgIpc) is 3.67. The Balaban J connectivity index is 0.917. The highest BCUT2D eigenvalue weighted by Crippen LogP contribution is 2.56. The van der Waals surface area contributed by atoms with E-state index in [0.717, 1.165) is 44.5 Å². The molecular formula is C59H41N. The van der Waals surface area contributed by atoms with Crippen LogP contribution in [0, 0.1) is 0 Å². The van der Waals surface area contributed by atoms with E-state index in [0.29, 0.717) is 5.56 Å². The molecule has 1 heteroatoms. The average molecular weight is 769 g/mol. The van der Waals surface area contributed by atoms with Crippen molar-refractivity contribution in [2.75, 3.05) is 4.90 Å². The second-order valence-corrected chi connectivity index (χ2v) is 15.3. The van der Waals surface area contributed by atoms with Crippen LogP contribution in [0.1, 0.15) is 29.1 Å². The van der Waals surface area contributed by atoms with E-state index in [1.165, 1.54) is 38.9 Å². The molecule has 1 aliphatic rings. The minimum absolute atomic E-state index is 0.188.